The highest BCUT2D eigenvalue weighted by molar-refractivity contribution is 5.78. The van der Waals surface area contributed by atoms with Crippen LogP contribution >= 0.6 is 0 Å². The van der Waals surface area contributed by atoms with Gasteiger partial charge in [-0.1, -0.05) is 53.2 Å². The van der Waals surface area contributed by atoms with Gasteiger partial charge in [-0.05, 0) is 111 Å². The van der Waals surface area contributed by atoms with Crippen molar-refractivity contribution in [3.05, 3.63) is 11.6 Å². The zero-order chi connectivity index (χ0) is 39.4. The van der Waals surface area contributed by atoms with Crippen molar-refractivity contribution in [2.24, 2.45) is 50.2 Å². The molecule has 12 heteroatoms. The fraction of sp³-hybridized carbons (Fsp3) is 0.929. The number of aliphatic hydroxyl groups is 6. The summed E-state index contributed by atoms with van der Waals surface area (Å²) < 4.78 is 29.9. The molecule has 4 saturated carbocycles. The van der Waals surface area contributed by atoms with E-state index in [2.05, 4.69) is 47.6 Å². The molecule has 0 bridgehead atoms. The van der Waals surface area contributed by atoms with E-state index in [0.29, 0.717) is 12.3 Å². The number of carbonyl (C=O) groups excluding carboxylic acids is 1. The monoisotopic (exact) mass is 764 g/mol. The standard InChI is InChI=1S/C42H68O12/c1-22-29(45)31(47)32(48)34(52-22)54-33-30(46)25(44)20-51-35(33)53-28-12-13-38(4)26(39(28,5)21-43)11-14-41(7)27(38)10-9-23-24-19-37(2,3)15-17-42(24,36(49)50-8)18-16-40(23,41)6/h9,22,24-35,43-48H,10-21H2,1-8H3/t22-,24?,25-,26?,27?,28-,29-,30-,31+,32+,33+,34+,35-,38-,39-,40+,41+,42-/m0/s1. The molecule has 0 radical (unpaired) electrons. The summed E-state index contributed by atoms with van der Waals surface area (Å²) in [5.41, 5.74) is 0.270. The summed E-state index contributed by atoms with van der Waals surface area (Å²) in [7, 11) is 1.54. The summed E-state index contributed by atoms with van der Waals surface area (Å²) in [5, 5.41) is 64.3. The van der Waals surface area contributed by atoms with Crippen molar-refractivity contribution >= 4 is 5.97 Å². The van der Waals surface area contributed by atoms with Gasteiger partial charge in [0.05, 0.1) is 37.9 Å². The summed E-state index contributed by atoms with van der Waals surface area (Å²) in [6.45, 7) is 15.4. The van der Waals surface area contributed by atoms with E-state index < -0.39 is 72.2 Å². The topological polar surface area (TPSA) is 185 Å². The zero-order valence-electron chi connectivity index (χ0n) is 33.7. The number of hydrogen-bond donors (Lipinski definition) is 6. The van der Waals surface area contributed by atoms with E-state index in [0.717, 1.165) is 57.8 Å². The largest absolute Gasteiger partial charge is 0.469 e. The Morgan fingerprint density at radius 3 is 2.22 bits per heavy atom. The lowest BCUT2D eigenvalue weighted by atomic mass is 9.33. The van der Waals surface area contributed by atoms with Crippen LogP contribution in [0.4, 0.5) is 0 Å². The molecule has 2 heterocycles. The molecule has 7 rings (SSSR count). The normalized spacial score (nSPS) is 54.3. The Kier molecular flexibility index (Phi) is 10.6. The molecule has 0 aromatic carbocycles. The number of ether oxygens (including phenoxy) is 5. The third-order valence-corrected chi connectivity index (χ3v) is 17.1. The minimum Gasteiger partial charge on any atom is -0.469 e. The molecule has 2 aliphatic heterocycles. The molecule has 7 aliphatic rings. The second-order valence-electron chi connectivity index (χ2n) is 20.2. The number of rotatable bonds is 6. The van der Waals surface area contributed by atoms with Crippen LogP contribution in [0.3, 0.4) is 0 Å². The van der Waals surface area contributed by atoms with Gasteiger partial charge in [0.15, 0.2) is 12.6 Å². The van der Waals surface area contributed by atoms with Crippen molar-refractivity contribution in [3.63, 3.8) is 0 Å². The van der Waals surface area contributed by atoms with Crippen LogP contribution in [0.15, 0.2) is 11.6 Å². The fourth-order valence-electron chi connectivity index (χ4n) is 13.5. The molecule has 0 spiro atoms. The number of hydrogen-bond acceptors (Lipinski definition) is 12. The van der Waals surface area contributed by atoms with Gasteiger partial charge in [0.2, 0.25) is 0 Å². The average Bonchev–Trinajstić information content (AvgIpc) is 3.13. The van der Waals surface area contributed by atoms with Gasteiger partial charge in [-0.3, -0.25) is 4.79 Å². The van der Waals surface area contributed by atoms with Crippen molar-refractivity contribution < 1.29 is 59.1 Å². The Balaban J connectivity index is 1.15. The molecule has 2 saturated heterocycles. The molecule has 6 N–H and O–H groups in total. The maximum atomic E-state index is 13.6. The van der Waals surface area contributed by atoms with E-state index in [9.17, 15) is 35.4 Å². The van der Waals surface area contributed by atoms with Crippen LogP contribution in [0.1, 0.15) is 113 Å². The van der Waals surface area contributed by atoms with Gasteiger partial charge in [0.25, 0.3) is 0 Å². The Bertz CT molecular complexity index is 1450. The van der Waals surface area contributed by atoms with Gasteiger partial charge in [-0.25, -0.2) is 0 Å². The molecule has 3 unspecified atom stereocenters. The lowest BCUT2D eigenvalue weighted by Crippen LogP contribution is -2.67. The molecular weight excluding hydrogens is 696 g/mol. The van der Waals surface area contributed by atoms with Crippen molar-refractivity contribution in [2.75, 3.05) is 20.3 Å². The minimum absolute atomic E-state index is 0.0158. The van der Waals surface area contributed by atoms with Crippen LogP contribution in [0.25, 0.3) is 0 Å². The number of allylic oxidation sites excluding steroid dienone is 2. The van der Waals surface area contributed by atoms with Gasteiger partial charge in [-0.15, -0.1) is 0 Å². The van der Waals surface area contributed by atoms with Crippen molar-refractivity contribution in [3.8, 4) is 0 Å². The highest BCUT2D eigenvalue weighted by Crippen LogP contribution is 2.76. The minimum atomic E-state index is -1.62. The third kappa shape index (κ3) is 5.93. The summed E-state index contributed by atoms with van der Waals surface area (Å²) in [4.78, 5) is 13.6. The molecule has 308 valence electrons. The zero-order valence-corrected chi connectivity index (χ0v) is 33.7. The Morgan fingerprint density at radius 2 is 1.54 bits per heavy atom. The number of aliphatic hydroxyl groups excluding tert-OH is 6. The number of esters is 1. The Morgan fingerprint density at radius 1 is 0.833 bits per heavy atom. The highest BCUT2D eigenvalue weighted by Gasteiger charge is 2.70. The molecular formula is C42H68O12. The van der Waals surface area contributed by atoms with Crippen LogP contribution in [0, 0.1) is 50.2 Å². The lowest BCUT2D eigenvalue weighted by molar-refractivity contribution is -0.365. The van der Waals surface area contributed by atoms with Crippen LogP contribution < -0.4 is 0 Å². The number of fused-ring (bicyclic) bond motifs is 7. The quantitative estimate of drug-likeness (QED) is 0.132. The first-order chi connectivity index (χ1) is 25.2. The van der Waals surface area contributed by atoms with Crippen LogP contribution in [-0.2, 0) is 28.5 Å². The first kappa shape index (κ1) is 41.0. The molecule has 6 fully saturated rings. The van der Waals surface area contributed by atoms with Crippen molar-refractivity contribution in [1.29, 1.82) is 0 Å². The summed E-state index contributed by atoms with van der Waals surface area (Å²) in [6.07, 6.45) is -0.972. The maximum absolute atomic E-state index is 13.6. The summed E-state index contributed by atoms with van der Waals surface area (Å²) in [5.74, 6) is 0.574. The number of methoxy groups -OCH3 is 1. The predicted octanol–water partition coefficient (Wildman–Crippen LogP) is 3.61. The molecule has 54 heavy (non-hydrogen) atoms. The molecule has 18 atom stereocenters. The van der Waals surface area contributed by atoms with E-state index in [1.165, 1.54) is 12.5 Å². The van der Waals surface area contributed by atoms with Crippen LogP contribution in [0.2, 0.25) is 0 Å². The SMILES string of the molecule is COC(=O)[C@]12CCC(C)(C)CC1C1=CCC3[C@@]4(C)CC[C@H](O[C@@H]5OC[C@H](O)[C@H](O)[C@H]5O[C@H]5O[C@@H](C)[C@H](O)[C@@H](O)[C@H]5O)[C@@](C)(CO)C4CC[C@@]3(C)[C@]1(C)CC2. The fourth-order valence-corrected chi connectivity index (χ4v) is 13.5. The van der Waals surface area contributed by atoms with Gasteiger partial charge in [-0.2, -0.15) is 0 Å². The second kappa shape index (κ2) is 14.0. The third-order valence-electron chi connectivity index (χ3n) is 17.1. The average molecular weight is 765 g/mol. The van der Waals surface area contributed by atoms with Gasteiger partial charge in [0, 0.05) is 5.41 Å². The van der Waals surface area contributed by atoms with E-state index in [1.54, 1.807) is 7.11 Å². The first-order valence-corrected chi connectivity index (χ1v) is 20.6. The summed E-state index contributed by atoms with van der Waals surface area (Å²) in [6, 6.07) is 0. The molecule has 0 aromatic rings. The highest BCUT2D eigenvalue weighted by atomic mass is 16.8. The second-order valence-corrected chi connectivity index (χ2v) is 20.2. The first-order valence-electron chi connectivity index (χ1n) is 20.6. The van der Waals surface area contributed by atoms with E-state index in [1.807, 2.05) is 0 Å². The molecule has 0 aromatic heterocycles. The van der Waals surface area contributed by atoms with Crippen molar-refractivity contribution in [1.82, 2.24) is 0 Å². The maximum Gasteiger partial charge on any atom is 0.312 e. The van der Waals surface area contributed by atoms with Gasteiger partial charge < -0.3 is 54.3 Å². The Hall–Kier alpha value is -1.19. The van der Waals surface area contributed by atoms with Crippen molar-refractivity contribution in [2.45, 2.75) is 174 Å². The molecule has 5 aliphatic carbocycles. The lowest BCUT2D eigenvalue weighted by Gasteiger charge is -2.71. The van der Waals surface area contributed by atoms with Gasteiger partial charge >= 0.3 is 5.97 Å². The van der Waals surface area contributed by atoms with Crippen LogP contribution in [-0.4, -0.2) is 118 Å². The van der Waals surface area contributed by atoms with E-state index >= 15 is 0 Å². The number of carbonyl (C=O) groups is 1. The summed E-state index contributed by atoms with van der Waals surface area (Å²) >= 11 is 0. The predicted molar refractivity (Wildman–Crippen MR) is 196 cm³/mol. The van der Waals surface area contributed by atoms with E-state index in [4.69, 9.17) is 23.7 Å². The molecule has 12 nitrogen and oxygen atoms in total. The smallest absolute Gasteiger partial charge is 0.312 e. The Labute approximate surface area is 320 Å². The van der Waals surface area contributed by atoms with Crippen LogP contribution in [0.5, 0.6) is 0 Å². The van der Waals surface area contributed by atoms with E-state index in [-0.39, 0.29) is 52.7 Å². The van der Waals surface area contributed by atoms with Gasteiger partial charge in [0.1, 0.15) is 36.6 Å². The molecule has 0 amide bonds.